The van der Waals surface area contributed by atoms with Crippen LogP contribution in [0.3, 0.4) is 0 Å². The van der Waals surface area contributed by atoms with Crippen LogP contribution in [0.15, 0.2) is 42.7 Å². The molecule has 0 spiro atoms. The predicted molar refractivity (Wildman–Crippen MR) is 137 cm³/mol. The van der Waals surface area contributed by atoms with E-state index in [0.717, 1.165) is 29.8 Å². The van der Waals surface area contributed by atoms with Crippen LogP contribution in [0.5, 0.6) is 5.75 Å². The molecule has 39 heavy (non-hydrogen) atoms. The summed E-state index contributed by atoms with van der Waals surface area (Å²) in [6.45, 7) is 2.72. The summed E-state index contributed by atoms with van der Waals surface area (Å²) in [5, 5.41) is 13.0. The van der Waals surface area contributed by atoms with Gasteiger partial charge in [-0.1, -0.05) is 6.92 Å². The van der Waals surface area contributed by atoms with Gasteiger partial charge in [0, 0.05) is 30.8 Å². The molecule has 1 aliphatic carbocycles. The lowest BCUT2D eigenvalue weighted by molar-refractivity contribution is 0.0521. The maximum Gasteiger partial charge on any atom is 0.274 e. The lowest BCUT2D eigenvalue weighted by Crippen LogP contribution is -2.44. The molecule has 3 heterocycles. The Bertz CT molecular complexity index is 1330. The Kier molecular flexibility index (Phi) is 7.83. The number of amides is 1. The summed E-state index contributed by atoms with van der Waals surface area (Å²) in [5.41, 5.74) is 5.73. The van der Waals surface area contributed by atoms with Gasteiger partial charge in [0.05, 0.1) is 36.8 Å². The third-order valence-electron chi connectivity index (χ3n) is 7.30. The lowest BCUT2D eigenvalue weighted by Gasteiger charge is -2.36. The molecule has 206 valence electrons. The van der Waals surface area contributed by atoms with Crippen LogP contribution >= 0.6 is 0 Å². The van der Waals surface area contributed by atoms with Gasteiger partial charge in [0.25, 0.3) is 5.91 Å². The van der Waals surface area contributed by atoms with Crippen molar-refractivity contribution in [3.05, 3.63) is 71.4 Å². The maximum absolute atomic E-state index is 15.0. The van der Waals surface area contributed by atoms with Crippen molar-refractivity contribution in [1.29, 1.82) is 0 Å². The van der Waals surface area contributed by atoms with E-state index in [0.29, 0.717) is 38.2 Å². The minimum Gasteiger partial charge on any atom is -0.488 e. The summed E-state index contributed by atoms with van der Waals surface area (Å²) in [4.78, 5) is 21.2. The molecule has 1 saturated heterocycles. The molecule has 1 aromatic carbocycles. The zero-order valence-electron chi connectivity index (χ0n) is 21.2. The van der Waals surface area contributed by atoms with E-state index in [2.05, 4.69) is 15.3 Å². The minimum atomic E-state index is -1.08. The Labute approximate surface area is 223 Å². The van der Waals surface area contributed by atoms with E-state index in [1.165, 1.54) is 6.20 Å². The fraction of sp³-hybridized carbons (Fsp3) is 0.393. The monoisotopic (exact) mass is 542 g/mol. The highest BCUT2D eigenvalue weighted by molar-refractivity contribution is 6.03. The Balaban J connectivity index is 1.39. The number of nitrogens with two attached hydrogens (primary N) is 1. The van der Waals surface area contributed by atoms with Crippen LogP contribution in [-0.2, 0) is 4.74 Å². The highest BCUT2D eigenvalue weighted by Gasteiger charge is 2.34. The van der Waals surface area contributed by atoms with E-state index >= 15 is 0 Å². The Morgan fingerprint density at radius 2 is 1.92 bits per heavy atom. The summed E-state index contributed by atoms with van der Waals surface area (Å²) in [6, 6.07) is 5.34. The Morgan fingerprint density at radius 1 is 1.15 bits per heavy atom. The zero-order valence-corrected chi connectivity index (χ0v) is 21.2. The number of anilines is 1. The summed E-state index contributed by atoms with van der Waals surface area (Å²) >= 11 is 0. The van der Waals surface area contributed by atoms with E-state index in [1.54, 1.807) is 12.3 Å². The molecule has 1 amide bonds. The molecular weight excluding hydrogens is 513 g/mol. The molecule has 2 aromatic heterocycles. The first kappa shape index (κ1) is 27.0. The molecule has 3 aromatic rings. The molecule has 5 atom stereocenters. The van der Waals surface area contributed by atoms with Gasteiger partial charge in [-0.3, -0.25) is 9.78 Å². The number of pyridine rings is 2. The molecule has 1 aliphatic heterocycles. The average Bonchev–Trinajstić information content (AvgIpc) is 3.41. The number of benzene rings is 1. The van der Waals surface area contributed by atoms with Gasteiger partial charge in [-0.25, -0.2) is 18.2 Å². The van der Waals surface area contributed by atoms with Crippen molar-refractivity contribution in [2.45, 2.75) is 50.4 Å². The number of hydrogen-bond donors (Lipinski definition) is 3. The first-order valence-electron chi connectivity index (χ1n) is 12.8. The van der Waals surface area contributed by atoms with E-state index in [-0.39, 0.29) is 29.4 Å². The van der Waals surface area contributed by atoms with Gasteiger partial charge in [-0.15, -0.1) is 0 Å². The van der Waals surface area contributed by atoms with Crippen LogP contribution in [0.4, 0.5) is 18.9 Å². The number of nitrogens with zero attached hydrogens (tertiary/aromatic N) is 2. The van der Waals surface area contributed by atoms with Gasteiger partial charge >= 0.3 is 0 Å². The normalized spacial score (nSPS) is 24.9. The van der Waals surface area contributed by atoms with Crippen LogP contribution in [0.1, 0.15) is 48.2 Å². The van der Waals surface area contributed by atoms with Crippen molar-refractivity contribution in [1.82, 2.24) is 9.97 Å². The number of carbonyl (C=O) groups is 1. The number of ether oxygens (including phenoxy) is 2. The largest absolute Gasteiger partial charge is 0.488 e. The summed E-state index contributed by atoms with van der Waals surface area (Å²) in [5.74, 6) is -3.97. The second-order valence-electron chi connectivity index (χ2n) is 10.1. The van der Waals surface area contributed by atoms with Gasteiger partial charge in [0.2, 0.25) is 0 Å². The van der Waals surface area contributed by atoms with E-state index in [4.69, 9.17) is 15.2 Å². The van der Waals surface area contributed by atoms with Crippen molar-refractivity contribution >= 4 is 11.6 Å². The number of aliphatic hydroxyl groups is 1. The number of halogens is 3. The molecule has 1 saturated carbocycles. The van der Waals surface area contributed by atoms with Gasteiger partial charge in [-0.2, -0.15) is 0 Å². The summed E-state index contributed by atoms with van der Waals surface area (Å²) in [7, 11) is 0. The molecule has 5 rings (SSSR count). The van der Waals surface area contributed by atoms with Gasteiger partial charge in [0.15, 0.2) is 0 Å². The van der Waals surface area contributed by atoms with Crippen molar-refractivity contribution in [3.8, 4) is 17.0 Å². The van der Waals surface area contributed by atoms with E-state index in [1.807, 2.05) is 6.92 Å². The molecule has 8 nitrogen and oxygen atoms in total. The van der Waals surface area contributed by atoms with Crippen LogP contribution < -0.4 is 15.8 Å². The van der Waals surface area contributed by atoms with Crippen molar-refractivity contribution < 1.29 is 32.5 Å². The van der Waals surface area contributed by atoms with Crippen LogP contribution in [0, 0.1) is 23.4 Å². The number of aromatic nitrogens is 2. The number of nitrogens with one attached hydrogen (secondary N) is 1. The molecule has 0 bridgehead atoms. The first-order chi connectivity index (χ1) is 18.7. The fourth-order valence-electron chi connectivity index (χ4n) is 5.27. The molecule has 4 N–H and O–H groups in total. The first-order valence-corrected chi connectivity index (χ1v) is 12.8. The quantitative estimate of drug-likeness (QED) is 0.428. The van der Waals surface area contributed by atoms with E-state index in [9.17, 15) is 23.1 Å². The van der Waals surface area contributed by atoms with Crippen LogP contribution in [-0.4, -0.2) is 52.4 Å². The van der Waals surface area contributed by atoms with Crippen molar-refractivity contribution in [2.75, 3.05) is 18.5 Å². The van der Waals surface area contributed by atoms with Crippen LogP contribution in [0.2, 0.25) is 0 Å². The number of carbonyl (C=O) groups excluding carboxylic acids is 1. The van der Waals surface area contributed by atoms with Gasteiger partial charge in [-0.05, 0) is 48.4 Å². The lowest BCUT2D eigenvalue weighted by atomic mass is 9.74. The average molecular weight is 543 g/mol. The SMILES string of the molecule is C[C@H]1C[C@@H](c2ccncc2NC(=O)c2ccc(F)c(-c3c(F)cc(O[C@@H]4CCOC4)cc3F)n2)C[C@@H](N)[C@@H]1O. The number of aliphatic hydroxyl groups excluding tert-OH is 1. The molecule has 2 aliphatic rings. The third kappa shape index (κ3) is 5.75. The standard InChI is InChI=1S/C28H29F3N4O4/c1-14-8-15(9-22(32)27(14)36)18-4-6-33-12-24(18)35-28(37)23-3-2-19(29)26(34-23)25-20(30)10-17(11-21(25)31)39-16-5-7-38-13-16/h2-4,6,10-12,14-16,22,27,36H,5,7-9,13,32H2,1H3,(H,35,37)/t14-,15+,16+,22+,27+/m0/s1. The highest BCUT2D eigenvalue weighted by atomic mass is 19.1. The summed E-state index contributed by atoms with van der Waals surface area (Å²) in [6.07, 6.45) is 3.90. The second-order valence-corrected chi connectivity index (χ2v) is 10.1. The van der Waals surface area contributed by atoms with E-state index < -0.39 is 46.8 Å². The zero-order chi connectivity index (χ0) is 27.7. The predicted octanol–water partition coefficient (Wildman–Crippen LogP) is 4.18. The molecule has 0 unspecified atom stereocenters. The molecule has 11 heteroatoms. The van der Waals surface area contributed by atoms with Crippen LogP contribution in [0.25, 0.3) is 11.3 Å². The number of rotatable bonds is 6. The third-order valence-corrected chi connectivity index (χ3v) is 7.30. The Hall–Kier alpha value is -3.54. The topological polar surface area (TPSA) is 120 Å². The number of hydrogen-bond acceptors (Lipinski definition) is 7. The molecule has 2 fully saturated rings. The van der Waals surface area contributed by atoms with Crippen molar-refractivity contribution in [3.63, 3.8) is 0 Å². The molecule has 0 radical (unpaired) electrons. The Morgan fingerprint density at radius 3 is 2.62 bits per heavy atom. The maximum atomic E-state index is 15.0. The smallest absolute Gasteiger partial charge is 0.274 e. The van der Waals surface area contributed by atoms with Gasteiger partial charge in [0.1, 0.15) is 40.7 Å². The molecular formula is C28H29F3N4O4. The highest BCUT2D eigenvalue weighted by Crippen LogP contribution is 2.39. The fourth-order valence-corrected chi connectivity index (χ4v) is 5.27. The van der Waals surface area contributed by atoms with Gasteiger partial charge < -0.3 is 25.6 Å². The second kappa shape index (κ2) is 11.3. The van der Waals surface area contributed by atoms with Crippen molar-refractivity contribution in [2.24, 2.45) is 11.7 Å². The summed E-state index contributed by atoms with van der Waals surface area (Å²) < 4.78 is 55.5. The minimum absolute atomic E-state index is 0.0341.